The average molecular weight is 473 g/mol. The highest BCUT2D eigenvalue weighted by atomic mass is 35.5. The molecule has 0 unspecified atom stereocenters. The summed E-state index contributed by atoms with van der Waals surface area (Å²) >= 11 is 17.5. The molecule has 1 aromatic heterocycles. The normalized spacial score (nSPS) is 14.9. The number of aryl methyl sites for hydroxylation is 1. The average Bonchev–Trinajstić information content (AvgIpc) is 3.33. The van der Waals surface area contributed by atoms with Gasteiger partial charge >= 0.3 is 0 Å². The molecule has 4 rings (SSSR count). The number of hydrogen-bond acceptors (Lipinski definition) is 4. The van der Waals surface area contributed by atoms with Gasteiger partial charge in [-0.2, -0.15) is 0 Å². The number of benzene rings is 2. The lowest BCUT2D eigenvalue weighted by atomic mass is 10.1. The third kappa shape index (κ3) is 4.46. The number of nitrogens with zero attached hydrogens (tertiary/aromatic N) is 1. The second-order valence-electron chi connectivity index (χ2n) is 6.76. The first-order valence-corrected chi connectivity index (χ1v) is 10.7. The number of hydrogen-bond donors (Lipinski definition) is 1. The molecular weight excluding hydrogens is 455 g/mol. The van der Waals surface area contributed by atoms with E-state index in [1.165, 1.54) is 4.90 Å². The largest absolute Gasteiger partial charge is 0.484 e. The van der Waals surface area contributed by atoms with E-state index in [2.05, 4.69) is 5.32 Å². The minimum absolute atomic E-state index is 0.166. The molecule has 1 amide bonds. The van der Waals surface area contributed by atoms with Crippen molar-refractivity contribution >= 4 is 58.2 Å². The molecule has 3 aromatic rings. The third-order valence-electron chi connectivity index (χ3n) is 4.75. The molecule has 0 atom stereocenters. The fourth-order valence-corrected chi connectivity index (χ4v) is 3.86. The molecule has 5 nitrogen and oxygen atoms in total. The van der Waals surface area contributed by atoms with Crippen LogP contribution in [0.2, 0.25) is 10.0 Å². The van der Waals surface area contributed by atoms with Crippen LogP contribution in [0.3, 0.4) is 0 Å². The zero-order valence-corrected chi connectivity index (χ0v) is 18.9. The maximum atomic E-state index is 13.0. The van der Waals surface area contributed by atoms with Gasteiger partial charge in [0.2, 0.25) is 0 Å². The lowest BCUT2D eigenvalue weighted by Crippen LogP contribution is -2.31. The summed E-state index contributed by atoms with van der Waals surface area (Å²) < 4.78 is 11.5. The summed E-state index contributed by atoms with van der Waals surface area (Å²) in [6.07, 6.45) is 2.42. The number of ether oxygens (including phenoxy) is 1. The number of amides is 1. The number of para-hydroxylation sites is 1. The molecule has 158 valence electrons. The number of anilines is 1. The van der Waals surface area contributed by atoms with Crippen molar-refractivity contribution in [3.63, 3.8) is 0 Å². The fraction of sp³-hybridized carbons (Fsp3) is 0.130. The van der Waals surface area contributed by atoms with Gasteiger partial charge in [0.1, 0.15) is 34.6 Å². The summed E-state index contributed by atoms with van der Waals surface area (Å²) in [5, 5.41) is 4.08. The van der Waals surface area contributed by atoms with Gasteiger partial charge in [0.25, 0.3) is 5.91 Å². The molecule has 1 N–H and O–H groups in total. The molecule has 0 aliphatic carbocycles. The van der Waals surface area contributed by atoms with Gasteiger partial charge in [-0.15, -0.1) is 0 Å². The molecule has 0 bridgehead atoms. The van der Waals surface area contributed by atoms with Gasteiger partial charge in [0.05, 0.1) is 10.7 Å². The van der Waals surface area contributed by atoms with Crippen molar-refractivity contribution in [3.05, 3.63) is 87.4 Å². The second-order valence-corrected chi connectivity index (χ2v) is 7.93. The van der Waals surface area contributed by atoms with E-state index in [9.17, 15) is 4.79 Å². The van der Waals surface area contributed by atoms with E-state index in [1.807, 2.05) is 31.2 Å². The lowest BCUT2D eigenvalue weighted by Gasteiger charge is -2.17. The molecule has 2 aromatic carbocycles. The smallest absolute Gasteiger partial charge is 0.281 e. The van der Waals surface area contributed by atoms with E-state index >= 15 is 0 Å². The number of halogens is 2. The summed E-state index contributed by atoms with van der Waals surface area (Å²) in [7, 11) is 0. The Morgan fingerprint density at radius 1 is 1.13 bits per heavy atom. The zero-order valence-electron chi connectivity index (χ0n) is 16.5. The van der Waals surface area contributed by atoms with Crippen LogP contribution in [0, 0.1) is 0 Å². The number of carbonyl (C=O) groups excluding carboxylic acids is 1. The Labute approximate surface area is 195 Å². The summed E-state index contributed by atoms with van der Waals surface area (Å²) in [6.45, 7) is 2.20. The molecule has 1 aliphatic heterocycles. The molecule has 0 spiro atoms. The maximum absolute atomic E-state index is 13.0. The van der Waals surface area contributed by atoms with Gasteiger partial charge in [0.15, 0.2) is 5.11 Å². The van der Waals surface area contributed by atoms with Crippen LogP contribution >= 0.6 is 35.4 Å². The van der Waals surface area contributed by atoms with Crippen LogP contribution < -0.4 is 15.0 Å². The highest BCUT2D eigenvalue weighted by Gasteiger charge is 2.33. The molecule has 8 heteroatoms. The standard InChI is InChI=1S/C23H18Cl2N2O3S/c1-2-14-6-3-4-8-19(14)27-22(28)18(26-23(27)31)12-15-10-11-16(30-15)13-29-20-9-5-7-17(24)21(20)25/h3-12H,2,13H2,1H3,(H,26,31)/b18-12+. The fourth-order valence-electron chi connectivity index (χ4n) is 3.22. The second kappa shape index (κ2) is 9.14. The van der Waals surface area contributed by atoms with E-state index in [0.717, 1.165) is 17.7 Å². The number of thiocarbonyl (C=S) groups is 1. The van der Waals surface area contributed by atoms with Gasteiger partial charge in [-0.1, -0.05) is 54.4 Å². The molecule has 31 heavy (non-hydrogen) atoms. The molecule has 1 fully saturated rings. The molecule has 0 radical (unpaired) electrons. The van der Waals surface area contributed by atoms with Crippen molar-refractivity contribution in [3.8, 4) is 5.75 Å². The highest BCUT2D eigenvalue weighted by Crippen LogP contribution is 2.32. The van der Waals surface area contributed by atoms with E-state index in [0.29, 0.717) is 38.1 Å². The Kier molecular flexibility index (Phi) is 6.32. The predicted molar refractivity (Wildman–Crippen MR) is 127 cm³/mol. The number of furan rings is 1. The summed E-state index contributed by atoms with van der Waals surface area (Å²) in [5.41, 5.74) is 2.16. The van der Waals surface area contributed by atoms with Crippen molar-refractivity contribution in [1.82, 2.24) is 5.32 Å². The van der Waals surface area contributed by atoms with Crippen LogP contribution in [-0.2, 0) is 17.8 Å². The van der Waals surface area contributed by atoms with E-state index in [-0.39, 0.29) is 12.5 Å². The Morgan fingerprint density at radius 3 is 2.74 bits per heavy atom. The number of carbonyl (C=O) groups is 1. The SMILES string of the molecule is CCc1ccccc1N1C(=O)/C(=C\c2ccc(COc3cccc(Cl)c3Cl)o2)NC1=S. The zero-order chi connectivity index (χ0) is 22.0. The minimum atomic E-state index is -0.231. The van der Waals surface area contributed by atoms with Crippen LogP contribution in [0.25, 0.3) is 6.08 Å². The van der Waals surface area contributed by atoms with E-state index < -0.39 is 0 Å². The number of nitrogens with one attached hydrogen (secondary N) is 1. The van der Waals surface area contributed by atoms with E-state index in [4.69, 9.17) is 44.6 Å². The van der Waals surface area contributed by atoms with Gasteiger partial charge in [-0.05, 0) is 54.5 Å². The van der Waals surface area contributed by atoms with Crippen LogP contribution in [0.1, 0.15) is 24.0 Å². The first-order chi connectivity index (χ1) is 15.0. The van der Waals surface area contributed by atoms with Crippen LogP contribution in [0.15, 0.2) is 64.7 Å². The Bertz CT molecular complexity index is 1190. The van der Waals surface area contributed by atoms with Gasteiger partial charge in [-0.3, -0.25) is 9.69 Å². The third-order valence-corrected chi connectivity index (χ3v) is 5.83. The Balaban J connectivity index is 1.49. The predicted octanol–water partition coefficient (Wildman–Crippen LogP) is 5.99. The van der Waals surface area contributed by atoms with Gasteiger partial charge in [0, 0.05) is 6.08 Å². The Morgan fingerprint density at radius 2 is 1.94 bits per heavy atom. The van der Waals surface area contributed by atoms with Crippen LogP contribution in [0.5, 0.6) is 5.75 Å². The van der Waals surface area contributed by atoms with E-state index in [1.54, 1.807) is 36.4 Å². The molecular formula is C23H18Cl2N2O3S. The van der Waals surface area contributed by atoms with Crippen LogP contribution in [0.4, 0.5) is 5.69 Å². The molecule has 2 heterocycles. The molecule has 1 saturated heterocycles. The quantitative estimate of drug-likeness (QED) is 0.352. The molecule has 0 saturated carbocycles. The van der Waals surface area contributed by atoms with Gasteiger partial charge < -0.3 is 14.5 Å². The lowest BCUT2D eigenvalue weighted by molar-refractivity contribution is -0.113. The summed E-state index contributed by atoms with van der Waals surface area (Å²) in [5.74, 6) is 1.31. The molecule has 1 aliphatic rings. The van der Waals surface area contributed by atoms with Gasteiger partial charge in [-0.25, -0.2) is 0 Å². The number of rotatable bonds is 6. The minimum Gasteiger partial charge on any atom is -0.484 e. The first kappa shape index (κ1) is 21.4. The van der Waals surface area contributed by atoms with Crippen LogP contribution in [-0.4, -0.2) is 11.0 Å². The monoisotopic (exact) mass is 472 g/mol. The first-order valence-electron chi connectivity index (χ1n) is 9.58. The highest BCUT2D eigenvalue weighted by molar-refractivity contribution is 7.80. The van der Waals surface area contributed by atoms with Crippen molar-refractivity contribution < 1.29 is 13.9 Å². The summed E-state index contributed by atoms with van der Waals surface area (Å²) in [4.78, 5) is 14.5. The topological polar surface area (TPSA) is 54.7 Å². The van der Waals surface area contributed by atoms with Crippen molar-refractivity contribution in [1.29, 1.82) is 0 Å². The Hall–Kier alpha value is -2.80. The van der Waals surface area contributed by atoms with Crippen molar-refractivity contribution in [2.24, 2.45) is 0 Å². The maximum Gasteiger partial charge on any atom is 0.281 e. The summed E-state index contributed by atoms with van der Waals surface area (Å²) in [6, 6.07) is 16.4. The van der Waals surface area contributed by atoms with Crippen molar-refractivity contribution in [2.75, 3.05) is 4.90 Å². The van der Waals surface area contributed by atoms with Crippen molar-refractivity contribution in [2.45, 2.75) is 20.0 Å².